The molecule has 1 atom stereocenters. The fourth-order valence-corrected chi connectivity index (χ4v) is 2.34. The van der Waals surface area contributed by atoms with Crippen LogP contribution in [0, 0.1) is 26.2 Å². The summed E-state index contributed by atoms with van der Waals surface area (Å²) in [5, 5.41) is 10.2. The third-order valence-corrected chi connectivity index (χ3v) is 4.29. The van der Waals surface area contributed by atoms with Gasteiger partial charge in [-0.2, -0.15) is 0 Å². The molecule has 26 heavy (non-hydrogen) atoms. The standard InChI is InChI=1S/C22H26N2O2/c1-7-22(5,25)18-10-9-11-19(14-18)26-21-13-16(3)20(12-17(21)4)23-15-24(6)8-2/h1,9-15,25H,8H2,2-6H3. The van der Waals surface area contributed by atoms with Crippen molar-refractivity contribution in [3.63, 3.8) is 0 Å². The average molecular weight is 350 g/mol. The summed E-state index contributed by atoms with van der Waals surface area (Å²) in [6, 6.07) is 11.2. The SMILES string of the molecule is C#CC(C)(O)c1cccc(Oc2cc(C)c(N=CN(C)CC)cc2C)c1. The van der Waals surface area contributed by atoms with E-state index in [4.69, 9.17) is 11.2 Å². The van der Waals surface area contributed by atoms with Gasteiger partial charge in [-0.1, -0.05) is 18.1 Å². The van der Waals surface area contributed by atoms with Crippen LogP contribution in [0.25, 0.3) is 0 Å². The highest BCUT2D eigenvalue weighted by molar-refractivity contribution is 5.64. The van der Waals surface area contributed by atoms with Crippen molar-refractivity contribution >= 4 is 12.0 Å². The Balaban J connectivity index is 2.29. The Morgan fingerprint density at radius 3 is 2.65 bits per heavy atom. The van der Waals surface area contributed by atoms with Crippen molar-refractivity contribution in [3.8, 4) is 23.8 Å². The van der Waals surface area contributed by atoms with E-state index in [1.807, 2.05) is 56.4 Å². The summed E-state index contributed by atoms with van der Waals surface area (Å²) in [5.41, 5.74) is 2.22. The van der Waals surface area contributed by atoms with Gasteiger partial charge in [-0.05, 0) is 68.7 Å². The molecule has 0 bridgehead atoms. The molecule has 2 aromatic rings. The van der Waals surface area contributed by atoms with Gasteiger partial charge in [0, 0.05) is 13.6 Å². The second-order valence-electron chi connectivity index (χ2n) is 6.57. The van der Waals surface area contributed by atoms with Crippen LogP contribution in [0.2, 0.25) is 0 Å². The molecule has 0 saturated heterocycles. The number of hydrogen-bond donors (Lipinski definition) is 1. The van der Waals surface area contributed by atoms with Crippen molar-refractivity contribution in [3.05, 3.63) is 53.1 Å². The maximum atomic E-state index is 10.2. The number of aliphatic hydroxyl groups is 1. The molecule has 0 heterocycles. The zero-order valence-corrected chi connectivity index (χ0v) is 16.1. The predicted molar refractivity (Wildman–Crippen MR) is 107 cm³/mol. The number of aryl methyl sites for hydroxylation is 2. The van der Waals surface area contributed by atoms with E-state index in [1.54, 1.807) is 19.1 Å². The summed E-state index contributed by atoms with van der Waals surface area (Å²) >= 11 is 0. The summed E-state index contributed by atoms with van der Waals surface area (Å²) in [6.07, 6.45) is 7.23. The number of ether oxygens (including phenoxy) is 1. The smallest absolute Gasteiger partial charge is 0.148 e. The largest absolute Gasteiger partial charge is 0.457 e. The van der Waals surface area contributed by atoms with Gasteiger partial charge in [0.2, 0.25) is 0 Å². The first kappa shape index (κ1) is 19.6. The van der Waals surface area contributed by atoms with E-state index in [-0.39, 0.29) is 0 Å². The van der Waals surface area contributed by atoms with E-state index in [2.05, 4.69) is 17.8 Å². The van der Waals surface area contributed by atoms with E-state index in [1.165, 1.54) is 0 Å². The predicted octanol–water partition coefficient (Wildman–Crippen LogP) is 4.55. The Morgan fingerprint density at radius 1 is 1.27 bits per heavy atom. The highest BCUT2D eigenvalue weighted by Crippen LogP contribution is 2.33. The van der Waals surface area contributed by atoms with Crippen LogP contribution in [-0.2, 0) is 5.60 Å². The monoisotopic (exact) mass is 350 g/mol. The molecule has 2 rings (SSSR count). The summed E-state index contributed by atoms with van der Waals surface area (Å²) in [7, 11) is 1.99. The van der Waals surface area contributed by atoms with Crippen LogP contribution >= 0.6 is 0 Å². The minimum absolute atomic E-state index is 0.621. The zero-order valence-electron chi connectivity index (χ0n) is 16.1. The number of aliphatic imine (C=N–C) groups is 1. The van der Waals surface area contributed by atoms with E-state index >= 15 is 0 Å². The Labute approximate surface area is 156 Å². The van der Waals surface area contributed by atoms with Gasteiger partial charge >= 0.3 is 0 Å². The Bertz CT molecular complexity index is 848. The van der Waals surface area contributed by atoms with Gasteiger partial charge in [-0.25, -0.2) is 4.99 Å². The number of rotatable bonds is 6. The number of terminal acetylenes is 1. The lowest BCUT2D eigenvalue weighted by Crippen LogP contribution is -2.17. The van der Waals surface area contributed by atoms with Crippen LogP contribution in [0.15, 0.2) is 41.4 Å². The Morgan fingerprint density at radius 2 is 2.00 bits per heavy atom. The molecule has 0 saturated carbocycles. The fraction of sp³-hybridized carbons (Fsp3) is 0.318. The van der Waals surface area contributed by atoms with Crippen molar-refractivity contribution in [1.82, 2.24) is 4.90 Å². The van der Waals surface area contributed by atoms with Gasteiger partial charge in [0.05, 0.1) is 12.0 Å². The van der Waals surface area contributed by atoms with E-state index in [0.717, 1.165) is 29.1 Å². The number of hydrogen-bond acceptors (Lipinski definition) is 3. The van der Waals surface area contributed by atoms with Crippen LogP contribution in [0.3, 0.4) is 0 Å². The fourth-order valence-electron chi connectivity index (χ4n) is 2.34. The molecule has 1 N–H and O–H groups in total. The third kappa shape index (κ3) is 4.65. The first-order chi connectivity index (χ1) is 12.3. The van der Waals surface area contributed by atoms with Crippen LogP contribution in [-0.4, -0.2) is 29.9 Å². The molecule has 0 aliphatic rings. The molecule has 4 heteroatoms. The van der Waals surface area contributed by atoms with Crippen molar-refractivity contribution < 1.29 is 9.84 Å². The molecule has 0 aliphatic carbocycles. The number of nitrogens with zero attached hydrogens (tertiary/aromatic N) is 2. The van der Waals surface area contributed by atoms with E-state index in [0.29, 0.717) is 11.3 Å². The molecule has 1 unspecified atom stereocenters. The summed E-state index contributed by atoms with van der Waals surface area (Å²) in [6.45, 7) is 8.55. The summed E-state index contributed by atoms with van der Waals surface area (Å²) in [5.74, 6) is 3.76. The quantitative estimate of drug-likeness (QED) is 0.472. The normalized spacial score (nSPS) is 13.3. The highest BCUT2D eigenvalue weighted by Gasteiger charge is 2.20. The van der Waals surface area contributed by atoms with Crippen LogP contribution < -0.4 is 4.74 Å². The van der Waals surface area contributed by atoms with Crippen molar-refractivity contribution in [1.29, 1.82) is 0 Å². The molecule has 0 aliphatic heterocycles. The molecule has 136 valence electrons. The van der Waals surface area contributed by atoms with Crippen LogP contribution in [0.1, 0.15) is 30.5 Å². The molecule has 4 nitrogen and oxygen atoms in total. The van der Waals surface area contributed by atoms with E-state index < -0.39 is 5.60 Å². The Kier molecular flexibility index (Phi) is 6.07. The average Bonchev–Trinajstić information content (AvgIpc) is 2.63. The highest BCUT2D eigenvalue weighted by atomic mass is 16.5. The summed E-state index contributed by atoms with van der Waals surface area (Å²) < 4.78 is 6.03. The maximum absolute atomic E-state index is 10.2. The molecule has 0 fully saturated rings. The van der Waals surface area contributed by atoms with Gasteiger partial charge in [0.1, 0.15) is 17.1 Å². The second kappa shape index (κ2) is 8.07. The molecule has 2 aromatic carbocycles. The molecule has 0 aromatic heterocycles. The van der Waals surface area contributed by atoms with Crippen molar-refractivity contribution in [2.75, 3.05) is 13.6 Å². The van der Waals surface area contributed by atoms with Gasteiger partial charge in [-0.15, -0.1) is 6.42 Å². The minimum atomic E-state index is -1.33. The van der Waals surface area contributed by atoms with Gasteiger partial charge in [0.15, 0.2) is 0 Å². The van der Waals surface area contributed by atoms with Gasteiger partial charge in [0.25, 0.3) is 0 Å². The topological polar surface area (TPSA) is 45.1 Å². The Hall–Kier alpha value is -2.77. The van der Waals surface area contributed by atoms with Crippen molar-refractivity contribution in [2.24, 2.45) is 4.99 Å². The number of benzene rings is 2. The lowest BCUT2D eigenvalue weighted by Gasteiger charge is -2.18. The molecular formula is C22H26N2O2. The van der Waals surface area contributed by atoms with Crippen LogP contribution in [0.5, 0.6) is 11.5 Å². The van der Waals surface area contributed by atoms with Gasteiger partial charge in [-0.3, -0.25) is 0 Å². The molecule has 0 amide bonds. The first-order valence-electron chi connectivity index (χ1n) is 8.61. The second-order valence-corrected chi connectivity index (χ2v) is 6.57. The molecular weight excluding hydrogens is 324 g/mol. The lowest BCUT2D eigenvalue weighted by molar-refractivity contribution is 0.122. The first-order valence-corrected chi connectivity index (χ1v) is 8.61. The van der Waals surface area contributed by atoms with Gasteiger partial charge < -0.3 is 14.7 Å². The van der Waals surface area contributed by atoms with Crippen LogP contribution in [0.4, 0.5) is 5.69 Å². The lowest BCUT2D eigenvalue weighted by atomic mass is 9.97. The zero-order chi connectivity index (χ0) is 19.3. The van der Waals surface area contributed by atoms with E-state index in [9.17, 15) is 5.11 Å². The summed E-state index contributed by atoms with van der Waals surface area (Å²) in [4.78, 5) is 6.55. The maximum Gasteiger partial charge on any atom is 0.148 e. The molecule has 0 radical (unpaired) electrons. The molecule has 0 spiro atoms. The third-order valence-electron chi connectivity index (χ3n) is 4.29. The minimum Gasteiger partial charge on any atom is -0.457 e. The van der Waals surface area contributed by atoms with Crippen molar-refractivity contribution in [2.45, 2.75) is 33.3 Å².